The van der Waals surface area contributed by atoms with Gasteiger partial charge in [0, 0.05) is 19.3 Å². The van der Waals surface area contributed by atoms with E-state index >= 15 is 0 Å². The van der Waals surface area contributed by atoms with Gasteiger partial charge in [0.1, 0.15) is 13.2 Å². The zero-order valence-electron chi connectivity index (χ0n) is 41.1. The molecule has 0 aliphatic carbocycles. The fourth-order valence-electron chi connectivity index (χ4n) is 8.13. The maximum Gasteiger partial charge on any atom is 0.306 e. The Morgan fingerprint density at radius 3 is 0.950 bits per heavy atom. The van der Waals surface area contributed by atoms with Crippen molar-refractivity contribution in [3.8, 4) is 0 Å². The van der Waals surface area contributed by atoms with E-state index in [1.54, 1.807) is 0 Å². The molecule has 1 unspecified atom stereocenters. The van der Waals surface area contributed by atoms with Crippen molar-refractivity contribution in [2.75, 3.05) is 13.2 Å². The zero-order valence-corrected chi connectivity index (χ0v) is 41.1. The van der Waals surface area contributed by atoms with Crippen molar-refractivity contribution in [3.05, 3.63) is 0 Å². The van der Waals surface area contributed by atoms with E-state index in [2.05, 4.69) is 34.6 Å². The lowest BCUT2D eigenvalue weighted by molar-refractivity contribution is -0.167. The van der Waals surface area contributed by atoms with Gasteiger partial charge in [-0.05, 0) is 31.1 Å². The van der Waals surface area contributed by atoms with Gasteiger partial charge in [0.05, 0.1) is 0 Å². The van der Waals surface area contributed by atoms with Crippen LogP contribution < -0.4 is 0 Å². The predicted molar refractivity (Wildman–Crippen MR) is 256 cm³/mol. The van der Waals surface area contributed by atoms with Crippen molar-refractivity contribution in [1.82, 2.24) is 0 Å². The topological polar surface area (TPSA) is 78.9 Å². The second-order valence-electron chi connectivity index (χ2n) is 19.2. The Morgan fingerprint density at radius 1 is 0.350 bits per heavy atom. The smallest absolute Gasteiger partial charge is 0.306 e. The molecule has 0 aromatic rings. The Hall–Kier alpha value is -1.59. The van der Waals surface area contributed by atoms with Crippen LogP contribution in [0.5, 0.6) is 0 Å². The van der Waals surface area contributed by atoms with Gasteiger partial charge in [-0.2, -0.15) is 0 Å². The lowest BCUT2D eigenvalue weighted by Gasteiger charge is -2.18. The van der Waals surface area contributed by atoms with Gasteiger partial charge in [-0.3, -0.25) is 14.4 Å². The highest BCUT2D eigenvalue weighted by molar-refractivity contribution is 5.71. The first-order valence-electron chi connectivity index (χ1n) is 26.8. The van der Waals surface area contributed by atoms with E-state index in [1.807, 2.05) is 0 Å². The minimum absolute atomic E-state index is 0.0644. The van der Waals surface area contributed by atoms with Gasteiger partial charge < -0.3 is 14.2 Å². The standard InChI is InChI=1S/C54H104O6/c1-6-8-9-10-11-12-13-14-15-16-17-18-19-22-26-29-36-41-46-54(57)60-51(48-59-53(56)45-40-35-31-30-33-38-43-50(5)7-2)47-58-52(55)44-39-34-28-25-23-20-21-24-27-32-37-42-49(3)4/h49-51H,6-48H2,1-5H3/t50?,51-/m0/s1. The molecule has 0 fully saturated rings. The van der Waals surface area contributed by atoms with Crippen LogP contribution in [0.3, 0.4) is 0 Å². The second-order valence-corrected chi connectivity index (χ2v) is 19.2. The van der Waals surface area contributed by atoms with Gasteiger partial charge in [0.15, 0.2) is 6.10 Å². The molecule has 0 amide bonds. The maximum absolute atomic E-state index is 12.8. The molecule has 0 aromatic carbocycles. The van der Waals surface area contributed by atoms with E-state index in [0.717, 1.165) is 69.6 Å². The fourth-order valence-corrected chi connectivity index (χ4v) is 8.13. The number of carbonyl (C=O) groups excluding carboxylic acids is 3. The summed E-state index contributed by atoms with van der Waals surface area (Å²) in [5, 5.41) is 0. The van der Waals surface area contributed by atoms with E-state index < -0.39 is 6.10 Å². The summed E-state index contributed by atoms with van der Waals surface area (Å²) in [6, 6.07) is 0. The van der Waals surface area contributed by atoms with Gasteiger partial charge in [0.2, 0.25) is 0 Å². The number of unbranched alkanes of at least 4 members (excludes halogenated alkanes) is 32. The molecule has 0 aliphatic heterocycles. The first kappa shape index (κ1) is 58.4. The molecular formula is C54H104O6. The Balaban J connectivity index is 4.28. The Kier molecular flexibility index (Phi) is 45.7. The van der Waals surface area contributed by atoms with Crippen LogP contribution in [0.2, 0.25) is 0 Å². The maximum atomic E-state index is 12.8. The molecule has 0 bridgehead atoms. The first-order chi connectivity index (χ1) is 29.3. The van der Waals surface area contributed by atoms with Gasteiger partial charge >= 0.3 is 17.9 Å². The van der Waals surface area contributed by atoms with E-state index in [1.165, 1.54) is 186 Å². The van der Waals surface area contributed by atoms with Crippen LogP contribution in [-0.4, -0.2) is 37.2 Å². The Morgan fingerprint density at radius 2 is 0.633 bits per heavy atom. The summed E-state index contributed by atoms with van der Waals surface area (Å²) in [6.45, 7) is 11.4. The molecule has 60 heavy (non-hydrogen) atoms. The zero-order chi connectivity index (χ0) is 44.0. The monoisotopic (exact) mass is 849 g/mol. The summed E-state index contributed by atoms with van der Waals surface area (Å²) in [5.74, 6) is 0.791. The third-order valence-corrected chi connectivity index (χ3v) is 12.6. The second kappa shape index (κ2) is 46.9. The average molecular weight is 849 g/mol. The van der Waals surface area contributed by atoms with Gasteiger partial charge in [-0.15, -0.1) is 0 Å². The predicted octanol–water partition coefficient (Wildman–Crippen LogP) is 17.3. The highest BCUT2D eigenvalue weighted by Gasteiger charge is 2.19. The van der Waals surface area contributed by atoms with Crippen LogP contribution in [0.4, 0.5) is 0 Å². The Bertz CT molecular complexity index is 918. The third-order valence-electron chi connectivity index (χ3n) is 12.6. The highest BCUT2D eigenvalue weighted by atomic mass is 16.6. The SMILES string of the molecule is CCCCCCCCCCCCCCCCCCCCC(=O)O[C@@H](COC(=O)CCCCCCCCCCCCCC(C)C)COC(=O)CCCCCCCCC(C)CC. The van der Waals surface area contributed by atoms with Crippen molar-refractivity contribution in [3.63, 3.8) is 0 Å². The molecule has 0 saturated heterocycles. The highest BCUT2D eigenvalue weighted by Crippen LogP contribution is 2.18. The van der Waals surface area contributed by atoms with Crippen molar-refractivity contribution in [1.29, 1.82) is 0 Å². The molecule has 6 nitrogen and oxygen atoms in total. The normalized spacial score (nSPS) is 12.5. The average Bonchev–Trinajstić information content (AvgIpc) is 3.23. The molecule has 0 heterocycles. The molecular weight excluding hydrogens is 745 g/mol. The van der Waals surface area contributed by atoms with Crippen molar-refractivity contribution < 1.29 is 28.6 Å². The molecule has 0 rings (SSSR count). The summed E-state index contributed by atoms with van der Waals surface area (Å²) in [5.41, 5.74) is 0. The van der Waals surface area contributed by atoms with Crippen LogP contribution >= 0.6 is 0 Å². The molecule has 0 aromatic heterocycles. The molecule has 356 valence electrons. The quantitative estimate of drug-likeness (QED) is 0.0345. The lowest BCUT2D eigenvalue weighted by atomic mass is 10.00. The van der Waals surface area contributed by atoms with Crippen LogP contribution in [0.25, 0.3) is 0 Å². The molecule has 0 saturated carbocycles. The van der Waals surface area contributed by atoms with Crippen LogP contribution in [0, 0.1) is 11.8 Å². The van der Waals surface area contributed by atoms with E-state index in [9.17, 15) is 14.4 Å². The van der Waals surface area contributed by atoms with Gasteiger partial charge in [0.25, 0.3) is 0 Å². The Labute approximate surface area is 374 Å². The van der Waals surface area contributed by atoms with Crippen molar-refractivity contribution >= 4 is 17.9 Å². The molecule has 2 atom stereocenters. The number of carbonyl (C=O) groups is 3. The number of hydrogen-bond donors (Lipinski definition) is 0. The summed E-state index contributed by atoms with van der Waals surface area (Å²) >= 11 is 0. The third kappa shape index (κ3) is 45.9. The lowest BCUT2D eigenvalue weighted by Crippen LogP contribution is -2.30. The molecule has 0 N–H and O–H groups in total. The van der Waals surface area contributed by atoms with Crippen molar-refractivity contribution in [2.24, 2.45) is 11.8 Å². The number of esters is 3. The van der Waals surface area contributed by atoms with Crippen LogP contribution in [0.1, 0.15) is 298 Å². The van der Waals surface area contributed by atoms with Crippen molar-refractivity contribution in [2.45, 2.75) is 304 Å². The van der Waals surface area contributed by atoms with E-state index in [-0.39, 0.29) is 31.1 Å². The van der Waals surface area contributed by atoms with Gasteiger partial charge in [-0.25, -0.2) is 0 Å². The molecule has 0 aliphatic rings. The van der Waals surface area contributed by atoms with Gasteiger partial charge in [-0.1, -0.05) is 259 Å². The summed E-state index contributed by atoms with van der Waals surface area (Å²) in [7, 11) is 0. The minimum Gasteiger partial charge on any atom is -0.462 e. The van der Waals surface area contributed by atoms with E-state index in [4.69, 9.17) is 14.2 Å². The molecule has 0 radical (unpaired) electrons. The fraction of sp³-hybridized carbons (Fsp3) is 0.944. The summed E-state index contributed by atoms with van der Waals surface area (Å²) in [6.07, 6.45) is 48.1. The number of hydrogen-bond acceptors (Lipinski definition) is 6. The first-order valence-corrected chi connectivity index (χ1v) is 26.8. The number of rotatable bonds is 48. The molecule has 6 heteroatoms. The summed E-state index contributed by atoms with van der Waals surface area (Å²) < 4.78 is 16.8. The molecule has 0 spiro atoms. The summed E-state index contributed by atoms with van der Waals surface area (Å²) in [4.78, 5) is 38.0. The minimum atomic E-state index is -0.762. The van der Waals surface area contributed by atoms with Crippen LogP contribution in [0.15, 0.2) is 0 Å². The number of ether oxygens (including phenoxy) is 3. The largest absolute Gasteiger partial charge is 0.462 e. The van der Waals surface area contributed by atoms with Crippen LogP contribution in [-0.2, 0) is 28.6 Å². The van der Waals surface area contributed by atoms with E-state index in [0.29, 0.717) is 19.3 Å².